The van der Waals surface area contributed by atoms with Gasteiger partial charge < -0.3 is 24.6 Å². The number of hydrogen-bond donors (Lipinski definition) is 2. The van der Waals surface area contributed by atoms with Crippen LogP contribution in [0.2, 0.25) is 0 Å². The van der Waals surface area contributed by atoms with E-state index in [1.807, 2.05) is 18.2 Å². The Hall–Kier alpha value is -1.30. The van der Waals surface area contributed by atoms with Crippen LogP contribution in [0.3, 0.4) is 0 Å². The zero-order chi connectivity index (χ0) is 12.6. The third kappa shape index (κ3) is 3.60. The van der Waals surface area contributed by atoms with E-state index in [1.165, 1.54) is 0 Å². The number of ether oxygens (including phenoxy) is 3. The summed E-state index contributed by atoms with van der Waals surface area (Å²) in [4.78, 5) is 0. The fourth-order valence-corrected chi connectivity index (χ4v) is 1.82. The average Bonchev–Trinajstić information content (AvgIpc) is 2.86. The van der Waals surface area contributed by atoms with E-state index in [0.717, 1.165) is 36.6 Å². The first kappa shape index (κ1) is 13.1. The Labute approximate surface area is 107 Å². The van der Waals surface area contributed by atoms with E-state index in [2.05, 4.69) is 5.32 Å². The molecule has 0 aromatic heterocycles. The molecule has 18 heavy (non-hydrogen) atoms. The van der Waals surface area contributed by atoms with Crippen LogP contribution >= 0.6 is 0 Å². The van der Waals surface area contributed by atoms with Gasteiger partial charge in [-0.2, -0.15) is 0 Å². The van der Waals surface area contributed by atoms with Gasteiger partial charge in [-0.3, -0.25) is 0 Å². The molecule has 5 heteroatoms. The number of para-hydroxylation sites is 1. The summed E-state index contributed by atoms with van der Waals surface area (Å²) in [6.07, 6.45) is 0.923. The summed E-state index contributed by atoms with van der Waals surface area (Å²) in [5.74, 6) is 1.67. The molecule has 5 nitrogen and oxygen atoms in total. The monoisotopic (exact) mass is 253 g/mol. The van der Waals surface area contributed by atoms with E-state index >= 15 is 0 Å². The minimum absolute atomic E-state index is 0.0842. The van der Waals surface area contributed by atoms with Crippen molar-refractivity contribution >= 4 is 0 Å². The molecule has 0 amide bonds. The Morgan fingerprint density at radius 3 is 3.11 bits per heavy atom. The van der Waals surface area contributed by atoms with E-state index in [0.29, 0.717) is 20.0 Å². The summed E-state index contributed by atoms with van der Waals surface area (Å²) < 4.78 is 15.9. The molecular weight excluding hydrogens is 234 g/mol. The van der Waals surface area contributed by atoms with Gasteiger partial charge in [0.05, 0.1) is 13.2 Å². The summed E-state index contributed by atoms with van der Waals surface area (Å²) in [5.41, 5.74) is 1.11. The van der Waals surface area contributed by atoms with Crippen molar-refractivity contribution in [2.45, 2.75) is 13.0 Å². The van der Waals surface area contributed by atoms with Crippen molar-refractivity contribution < 1.29 is 19.3 Å². The number of rotatable bonds is 8. The van der Waals surface area contributed by atoms with Gasteiger partial charge in [0.25, 0.3) is 0 Å². The Morgan fingerprint density at radius 2 is 2.22 bits per heavy atom. The Morgan fingerprint density at radius 1 is 1.28 bits per heavy atom. The van der Waals surface area contributed by atoms with E-state index < -0.39 is 0 Å². The summed E-state index contributed by atoms with van der Waals surface area (Å²) in [5, 5.41) is 11.9. The molecule has 0 atom stereocenters. The van der Waals surface area contributed by atoms with E-state index in [4.69, 9.17) is 19.3 Å². The summed E-state index contributed by atoms with van der Waals surface area (Å²) in [6.45, 7) is 3.10. The molecular formula is C13H19NO4. The van der Waals surface area contributed by atoms with Crippen molar-refractivity contribution in [2.75, 3.05) is 33.2 Å². The highest BCUT2D eigenvalue weighted by Gasteiger charge is 2.16. The number of benzene rings is 1. The number of aliphatic hydroxyl groups is 1. The van der Waals surface area contributed by atoms with Crippen molar-refractivity contribution in [3.8, 4) is 11.5 Å². The van der Waals surface area contributed by atoms with Gasteiger partial charge in [-0.1, -0.05) is 12.1 Å². The molecule has 1 aliphatic heterocycles. The van der Waals surface area contributed by atoms with Crippen LogP contribution in [0, 0.1) is 0 Å². The summed E-state index contributed by atoms with van der Waals surface area (Å²) in [6, 6.07) is 5.91. The zero-order valence-electron chi connectivity index (χ0n) is 10.4. The van der Waals surface area contributed by atoms with Gasteiger partial charge in [0.2, 0.25) is 6.79 Å². The van der Waals surface area contributed by atoms with Gasteiger partial charge in [-0.15, -0.1) is 0 Å². The zero-order valence-corrected chi connectivity index (χ0v) is 10.4. The van der Waals surface area contributed by atoms with Crippen LogP contribution in [0.4, 0.5) is 0 Å². The van der Waals surface area contributed by atoms with Crippen LogP contribution in [0.5, 0.6) is 11.5 Å². The topological polar surface area (TPSA) is 60.0 Å². The van der Waals surface area contributed by atoms with E-state index in [1.54, 1.807) is 0 Å². The fourth-order valence-electron chi connectivity index (χ4n) is 1.82. The molecule has 100 valence electrons. The molecule has 1 heterocycles. The SMILES string of the molecule is OCCOCCCNCc1cccc2c1OCO2. The quantitative estimate of drug-likeness (QED) is 0.674. The molecule has 0 spiro atoms. The highest BCUT2D eigenvalue weighted by atomic mass is 16.7. The summed E-state index contributed by atoms with van der Waals surface area (Å²) in [7, 11) is 0. The maximum Gasteiger partial charge on any atom is 0.231 e. The fraction of sp³-hybridized carbons (Fsp3) is 0.538. The minimum Gasteiger partial charge on any atom is -0.454 e. The molecule has 2 rings (SSSR count). The third-order valence-electron chi connectivity index (χ3n) is 2.67. The van der Waals surface area contributed by atoms with Gasteiger partial charge in [0, 0.05) is 18.7 Å². The lowest BCUT2D eigenvalue weighted by atomic mass is 10.2. The highest BCUT2D eigenvalue weighted by Crippen LogP contribution is 2.35. The first-order valence-corrected chi connectivity index (χ1v) is 6.18. The van der Waals surface area contributed by atoms with Crippen molar-refractivity contribution in [2.24, 2.45) is 0 Å². The minimum atomic E-state index is 0.0842. The normalized spacial score (nSPS) is 12.9. The lowest BCUT2D eigenvalue weighted by Crippen LogP contribution is -2.17. The van der Waals surface area contributed by atoms with Crippen LogP contribution in [0.1, 0.15) is 12.0 Å². The second-order valence-corrected chi connectivity index (χ2v) is 4.02. The lowest BCUT2D eigenvalue weighted by molar-refractivity contribution is 0.0907. The first-order chi connectivity index (χ1) is 8.92. The molecule has 0 bridgehead atoms. The van der Waals surface area contributed by atoms with Gasteiger partial charge >= 0.3 is 0 Å². The largest absolute Gasteiger partial charge is 0.454 e. The molecule has 0 unspecified atom stereocenters. The van der Waals surface area contributed by atoms with Crippen molar-refractivity contribution in [3.05, 3.63) is 23.8 Å². The van der Waals surface area contributed by atoms with Crippen LogP contribution in [0.15, 0.2) is 18.2 Å². The van der Waals surface area contributed by atoms with Crippen molar-refractivity contribution in [1.29, 1.82) is 0 Å². The van der Waals surface area contributed by atoms with Crippen molar-refractivity contribution in [3.63, 3.8) is 0 Å². The summed E-state index contributed by atoms with van der Waals surface area (Å²) >= 11 is 0. The van der Waals surface area contributed by atoms with Crippen molar-refractivity contribution in [1.82, 2.24) is 5.32 Å². The van der Waals surface area contributed by atoms with Crippen LogP contribution in [-0.2, 0) is 11.3 Å². The molecule has 1 aromatic rings. The van der Waals surface area contributed by atoms with Gasteiger partial charge in [-0.05, 0) is 19.0 Å². The van der Waals surface area contributed by atoms with Gasteiger partial charge in [-0.25, -0.2) is 0 Å². The average molecular weight is 253 g/mol. The predicted octanol–water partition coefficient (Wildman–Crippen LogP) is 0.904. The first-order valence-electron chi connectivity index (χ1n) is 6.18. The number of nitrogens with one attached hydrogen (secondary N) is 1. The number of fused-ring (bicyclic) bond motifs is 1. The number of hydrogen-bond acceptors (Lipinski definition) is 5. The predicted molar refractivity (Wildman–Crippen MR) is 66.8 cm³/mol. The Kier molecular flexibility index (Phi) is 5.26. The molecule has 2 N–H and O–H groups in total. The highest BCUT2D eigenvalue weighted by molar-refractivity contribution is 5.48. The van der Waals surface area contributed by atoms with E-state index in [9.17, 15) is 0 Å². The van der Waals surface area contributed by atoms with Crippen LogP contribution < -0.4 is 14.8 Å². The van der Waals surface area contributed by atoms with Crippen LogP contribution in [0.25, 0.3) is 0 Å². The third-order valence-corrected chi connectivity index (χ3v) is 2.67. The Bertz CT molecular complexity index is 370. The maximum absolute atomic E-state index is 8.54. The maximum atomic E-state index is 8.54. The molecule has 0 aliphatic carbocycles. The second kappa shape index (κ2) is 7.20. The molecule has 0 saturated heterocycles. The Balaban J connectivity index is 1.66. The van der Waals surface area contributed by atoms with Gasteiger partial charge in [0.1, 0.15) is 0 Å². The van der Waals surface area contributed by atoms with Crippen LogP contribution in [-0.4, -0.2) is 38.3 Å². The number of aliphatic hydroxyl groups excluding tert-OH is 1. The molecule has 0 fully saturated rings. The molecule has 1 aliphatic rings. The standard InChI is InChI=1S/C13H19NO4/c15-6-8-16-7-2-5-14-9-11-3-1-4-12-13(11)18-10-17-12/h1,3-4,14-15H,2,5-10H2. The lowest BCUT2D eigenvalue weighted by Gasteiger charge is -2.07. The molecule has 1 aromatic carbocycles. The molecule has 0 saturated carbocycles. The molecule has 0 radical (unpaired) electrons. The smallest absolute Gasteiger partial charge is 0.231 e. The van der Waals surface area contributed by atoms with E-state index in [-0.39, 0.29) is 6.61 Å². The van der Waals surface area contributed by atoms with Gasteiger partial charge in [0.15, 0.2) is 11.5 Å². The second-order valence-electron chi connectivity index (χ2n) is 4.02.